The lowest BCUT2D eigenvalue weighted by Crippen LogP contribution is -2.47. The third-order valence-corrected chi connectivity index (χ3v) is 6.48. The Bertz CT molecular complexity index is 653. The van der Waals surface area contributed by atoms with E-state index in [9.17, 15) is 5.11 Å². The third-order valence-electron chi connectivity index (χ3n) is 6.48. The minimum absolute atomic E-state index is 0.00533. The van der Waals surface area contributed by atoms with Crippen LogP contribution in [0.2, 0.25) is 0 Å². The molecule has 0 aromatic heterocycles. The predicted octanol–water partition coefficient (Wildman–Crippen LogP) is 2.18. The van der Waals surface area contributed by atoms with Crippen molar-refractivity contribution in [3.05, 3.63) is 29.8 Å². The van der Waals surface area contributed by atoms with Gasteiger partial charge in [-0.2, -0.15) is 0 Å². The van der Waals surface area contributed by atoms with E-state index in [-0.39, 0.29) is 18.1 Å². The lowest BCUT2D eigenvalue weighted by atomic mass is 9.84. The monoisotopic (exact) mass is 418 g/mol. The minimum Gasteiger partial charge on any atom is -0.497 e. The Balaban J connectivity index is 1.62. The smallest absolute Gasteiger partial charge is 0.191 e. The Labute approximate surface area is 180 Å². The Morgan fingerprint density at radius 2 is 2.00 bits per heavy atom. The van der Waals surface area contributed by atoms with Crippen molar-refractivity contribution in [1.29, 1.82) is 0 Å². The summed E-state index contributed by atoms with van der Waals surface area (Å²) >= 11 is 0. The molecule has 2 aliphatic heterocycles. The fourth-order valence-electron chi connectivity index (χ4n) is 4.51. The Hall–Kier alpha value is -1.83. The predicted molar refractivity (Wildman–Crippen MR) is 120 cm³/mol. The Morgan fingerprint density at radius 1 is 1.23 bits per heavy atom. The second-order valence-corrected chi connectivity index (χ2v) is 8.47. The van der Waals surface area contributed by atoms with Crippen LogP contribution < -0.4 is 15.4 Å². The van der Waals surface area contributed by atoms with E-state index in [1.54, 1.807) is 7.11 Å². The minimum atomic E-state index is -0.00533. The summed E-state index contributed by atoms with van der Waals surface area (Å²) in [4.78, 5) is 7.00. The SMILES string of the molecule is CN=C(NCC(c1ccc(OC)cc1)N1CCCCC1)NCC1(CCO)CCOC1. The number of piperidine rings is 1. The molecule has 0 amide bonds. The standard InChI is InChI=1S/C23H38N4O3/c1-24-22(26-17-23(10-14-28)11-15-30-18-23)25-16-21(27-12-4-3-5-13-27)19-6-8-20(29-2)9-7-19/h6-9,21,28H,3-5,10-18H2,1-2H3,(H2,24,25,26). The van der Waals surface area contributed by atoms with Gasteiger partial charge in [0.15, 0.2) is 5.96 Å². The molecule has 1 aromatic carbocycles. The molecule has 0 bridgehead atoms. The maximum atomic E-state index is 9.45. The van der Waals surface area contributed by atoms with Crippen molar-refractivity contribution in [3.63, 3.8) is 0 Å². The van der Waals surface area contributed by atoms with E-state index in [1.165, 1.54) is 24.8 Å². The number of benzene rings is 1. The number of aliphatic imine (C=N–C) groups is 1. The van der Waals surface area contributed by atoms with Gasteiger partial charge in [-0.1, -0.05) is 18.6 Å². The number of aliphatic hydroxyl groups is 1. The molecule has 2 fully saturated rings. The summed E-state index contributed by atoms with van der Waals surface area (Å²) in [5, 5.41) is 16.5. The van der Waals surface area contributed by atoms with Gasteiger partial charge in [0.2, 0.25) is 0 Å². The first-order valence-corrected chi connectivity index (χ1v) is 11.2. The molecule has 168 valence electrons. The number of nitrogens with one attached hydrogen (secondary N) is 2. The summed E-state index contributed by atoms with van der Waals surface area (Å²) in [5.74, 6) is 1.68. The van der Waals surface area contributed by atoms with Crippen molar-refractivity contribution in [2.75, 3.05) is 60.2 Å². The van der Waals surface area contributed by atoms with Crippen LogP contribution in [-0.2, 0) is 4.74 Å². The molecule has 0 spiro atoms. The molecule has 0 radical (unpaired) electrons. The fraction of sp³-hybridized carbons (Fsp3) is 0.696. The summed E-state index contributed by atoms with van der Waals surface area (Å²) in [5.41, 5.74) is 1.29. The van der Waals surface area contributed by atoms with Gasteiger partial charge < -0.3 is 25.2 Å². The van der Waals surface area contributed by atoms with Crippen molar-refractivity contribution < 1.29 is 14.6 Å². The van der Waals surface area contributed by atoms with Crippen LogP contribution in [0.4, 0.5) is 0 Å². The highest BCUT2D eigenvalue weighted by Gasteiger charge is 2.34. The molecular weight excluding hydrogens is 380 g/mol. The molecule has 7 heteroatoms. The lowest BCUT2D eigenvalue weighted by Gasteiger charge is -2.35. The summed E-state index contributed by atoms with van der Waals surface area (Å²) in [6.07, 6.45) is 5.54. The number of likely N-dealkylation sites (tertiary alicyclic amines) is 1. The molecule has 30 heavy (non-hydrogen) atoms. The number of methoxy groups -OCH3 is 1. The number of nitrogens with zero attached hydrogens (tertiary/aromatic N) is 2. The molecule has 0 aliphatic carbocycles. The van der Waals surface area contributed by atoms with Crippen LogP contribution >= 0.6 is 0 Å². The van der Waals surface area contributed by atoms with Crippen molar-refractivity contribution >= 4 is 5.96 Å². The number of rotatable bonds is 9. The summed E-state index contributed by atoms with van der Waals surface area (Å²) in [6.45, 7) is 5.44. The zero-order valence-electron chi connectivity index (χ0n) is 18.5. The number of ether oxygens (including phenoxy) is 2. The van der Waals surface area contributed by atoms with Crippen LogP contribution in [0.1, 0.15) is 43.7 Å². The van der Waals surface area contributed by atoms with E-state index >= 15 is 0 Å². The number of hydrogen-bond acceptors (Lipinski definition) is 5. The second-order valence-electron chi connectivity index (χ2n) is 8.47. The molecule has 2 unspecified atom stereocenters. The molecule has 2 heterocycles. The normalized spacial score (nSPS) is 23.9. The van der Waals surface area contributed by atoms with Gasteiger partial charge in [0.05, 0.1) is 19.8 Å². The highest BCUT2D eigenvalue weighted by Crippen LogP contribution is 2.31. The molecule has 1 aromatic rings. The Kier molecular flexibility index (Phi) is 8.78. The molecule has 3 rings (SSSR count). The van der Waals surface area contributed by atoms with Gasteiger partial charge in [-0.25, -0.2) is 0 Å². The molecule has 2 saturated heterocycles. The number of guanidine groups is 1. The van der Waals surface area contributed by atoms with E-state index in [0.717, 1.165) is 57.3 Å². The molecule has 7 nitrogen and oxygen atoms in total. The average molecular weight is 419 g/mol. The summed E-state index contributed by atoms with van der Waals surface area (Å²) < 4.78 is 10.9. The summed E-state index contributed by atoms with van der Waals surface area (Å²) in [7, 11) is 3.51. The van der Waals surface area contributed by atoms with Gasteiger partial charge in [0.25, 0.3) is 0 Å². The van der Waals surface area contributed by atoms with Crippen LogP contribution in [0.15, 0.2) is 29.3 Å². The van der Waals surface area contributed by atoms with Crippen molar-refractivity contribution in [1.82, 2.24) is 15.5 Å². The van der Waals surface area contributed by atoms with Gasteiger partial charge in [0, 0.05) is 38.8 Å². The molecule has 3 N–H and O–H groups in total. The summed E-state index contributed by atoms with van der Waals surface area (Å²) in [6, 6.07) is 8.70. The molecule has 2 atom stereocenters. The highest BCUT2D eigenvalue weighted by atomic mass is 16.5. The molecule has 2 aliphatic rings. The van der Waals surface area contributed by atoms with Crippen LogP contribution in [0.5, 0.6) is 5.75 Å². The van der Waals surface area contributed by atoms with Gasteiger partial charge in [-0.05, 0) is 56.5 Å². The molecular formula is C23H38N4O3. The number of aliphatic hydroxyl groups excluding tert-OH is 1. The maximum Gasteiger partial charge on any atom is 0.191 e. The van der Waals surface area contributed by atoms with Gasteiger partial charge in [0.1, 0.15) is 5.75 Å². The third kappa shape index (κ3) is 6.09. The van der Waals surface area contributed by atoms with E-state index in [4.69, 9.17) is 9.47 Å². The van der Waals surface area contributed by atoms with Crippen LogP contribution in [0, 0.1) is 5.41 Å². The highest BCUT2D eigenvalue weighted by molar-refractivity contribution is 5.79. The number of hydrogen-bond donors (Lipinski definition) is 3. The van der Waals surface area contributed by atoms with Crippen LogP contribution in [-0.4, -0.2) is 76.1 Å². The van der Waals surface area contributed by atoms with Gasteiger partial charge >= 0.3 is 0 Å². The van der Waals surface area contributed by atoms with Crippen molar-refractivity contribution in [2.24, 2.45) is 10.4 Å². The van der Waals surface area contributed by atoms with Crippen molar-refractivity contribution in [3.8, 4) is 5.75 Å². The largest absolute Gasteiger partial charge is 0.497 e. The lowest BCUT2D eigenvalue weighted by molar-refractivity contribution is 0.127. The maximum absolute atomic E-state index is 9.45. The van der Waals surface area contributed by atoms with E-state index in [0.29, 0.717) is 6.61 Å². The zero-order valence-corrected chi connectivity index (χ0v) is 18.5. The zero-order chi connectivity index (χ0) is 21.2. The Morgan fingerprint density at radius 3 is 2.60 bits per heavy atom. The quantitative estimate of drug-likeness (QED) is 0.421. The van der Waals surface area contributed by atoms with Crippen molar-refractivity contribution in [2.45, 2.75) is 38.1 Å². The molecule has 0 saturated carbocycles. The first-order chi connectivity index (χ1) is 14.7. The van der Waals surface area contributed by atoms with Crippen LogP contribution in [0.3, 0.4) is 0 Å². The topological polar surface area (TPSA) is 78.4 Å². The first kappa shape index (κ1) is 22.8. The van der Waals surface area contributed by atoms with Gasteiger partial charge in [-0.3, -0.25) is 9.89 Å². The fourth-order valence-corrected chi connectivity index (χ4v) is 4.51. The average Bonchev–Trinajstić information content (AvgIpc) is 3.26. The first-order valence-electron chi connectivity index (χ1n) is 11.2. The van der Waals surface area contributed by atoms with E-state index in [1.807, 2.05) is 19.2 Å². The van der Waals surface area contributed by atoms with Gasteiger partial charge in [-0.15, -0.1) is 0 Å². The van der Waals surface area contributed by atoms with E-state index in [2.05, 4.69) is 32.7 Å². The van der Waals surface area contributed by atoms with Crippen LogP contribution in [0.25, 0.3) is 0 Å². The second kappa shape index (κ2) is 11.5. The van der Waals surface area contributed by atoms with E-state index < -0.39 is 0 Å².